The first kappa shape index (κ1) is 23.9. The van der Waals surface area contributed by atoms with Crippen molar-refractivity contribution >= 4 is 17.7 Å². The average Bonchev–Trinajstić information content (AvgIpc) is 2.79. The molecule has 32 heavy (non-hydrogen) atoms. The quantitative estimate of drug-likeness (QED) is 0.697. The number of nitrogens with one attached hydrogen (secondary N) is 1. The van der Waals surface area contributed by atoms with Crippen LogP contribution in [0.1, 0.15) is 62.7 Å². The third kappa shape index (κ3) is 6.14. The van der Waals surface area contributed by atoms with Crippen molar-refractivity contribution in [1.29, 1.82) is 0 Å². The van der Waals surface area contributed by atoms with Crippen molar-refractivity contribution in [1.82, 2.24) is 15.1 Å². The summed E-state index contributed by atoms with van der Waals surface area (Å²) >= 11 is 0. The molecule has 2 aliphatic heterocycles. The van der Waals surface area contributed by atoms with Gasteiger partial charge in [0.15, 0.2) is 0 Å². The molecule has 1 aromatic carbocycles. The number of hydrogen-bond donors (Lipinski definition) is 1. The van der Waals surface area contributed by atoms with E-state index in [1.54, 1.807) is 32.2 Å². The number of carbonyl (C=O) groups is 3. The van der Waals surface area contributed by atoms with Crippen LogP contribution < -0.4 is 14.8 Å². The fraction of sp³-hybridized carbons (Fsp3) is 0.625. The molecule has 176 valence electrons. The second-order valence-electron chi connectivity index (χ2n) is 8.61. The maximum Gasteiger partial charge on any atom is 0.258 e. The van der Waals surface area contributed by atoms with Crippen LogP contribution in [0.3, 0.4) is 0 Å². The van der Waals surface area contributed by atoms with Crippen molar-refractivity contribution in [2.75, 3.05) is 33.3 Å². The Morgan fingerprint density at radius 1 is 1.06 bits per heavy atom. The number of likely N-dealkylation sites (tertiary alicyclic amines) is 2. The van der Waals surface area contributed by atoms with Gasteiger partial charge in [0.2, 0.25) is 11.8 Å². The molecule has 2 heterocycles. The number of amides is 3. The first-order valence-electron chi connectivity index (χ1n) is 11.5. The van der Waals surface area contributed by atoms with E-state index >= 15 is 0 Å². The molecular weight excluding hydrogens is 410 g/mol. The first-order chi connectivity index (χ1) is 15.4. The Bertz CT molecular complexity index is 820. The molecule has 3 rings (SSSR count). The second-order valence-corrected chi connectivity index (χ2v) is 8.61. The van der Waals surface area contributed by atoms with Gasteiger partial charge in [0, 0.05) is 58.9 Å². The maximum absolute atomic E-state index is 13.6. The first-order valence-corrected chi connectivity index (χ1v) is 11.5. The average molecular weight is 446 g/mol. The second kappa shape index (κ2) is 11.2. The number of hydrogen-bond acceptors (Lipinski definition) is 5. The molecule has 0 radical (unpaired) electrons. The van der Waals surface area contributed by atoms with Gasteiger partial charge in [-0.1, -0.05) is 0 Å². The lowest BCUT2D eigenvalue weighted by molar-refractivity contribution is -0.130. The van der Waals surface area contributed by atoms with Gasteiger partial charge in [-0.25, -0.2) is 0 Å². The molecule has 2 aliphatic rings. The number of benzene rings is 1. The van der Waals surface area contributed by atoms with E-state index in [9.17, 15) is 14.4 Å². The predicted molar refractivity (Wildman–Crippen MR) is 121 cm³/mol. The summed E-state index contributed by atoms with van der Waals surface area (Å²) in [4.78, 5) is 40.2. The summed E-state index contributed by atoms with van der Waals surface area (Å²) in [6, 6.07) is 5.45. The van der Waals surface area contributed by atoms with Gasteiger partial charge in [0.05, 0.1) is 12.7 Å². The Kier molecular flexibility index (Phi) is 8.36. The van der Waals surface area contributed by atoms with Gasteiger partial charge in [-0.3, -0.25) is 14.4 Å². The maximum atomic E-state index is 13.6. The van der Waals surface area contributed by atoms with E-state index in [0.717, 1.165) is 38.5 Å². The van der Waals surface area contributed by atoms with E-state index in [1.165, 1.54) is 6.92 Å². The van der Waals surface area contributed by atoms with Crippen molar-refractivity contribution < 1.29 is 23.9 Å². The minimum absolute atomic E-state index is 0.0394. The molecule has 0 bridgehead atoms. The number of rotatable bonds is 7. The van der Waals surface area contributed by atoms with E-state index in [4.69, 9.17) is 9.47 Å². The lowest BCUT2D eigenvalue weighted by Crippen LogP contribution is -2.45. The molecule has 0 aromatic heterocycles. The Morgan fingerprint density at radius 2 is 1.81 bits per heavy atom. The van der Waals surface area contributed by atoms with E-state index in [2.05, 4.69) is 5.32 Å². The predicted octanol–water partition coefficient (Wildman–Crippen LogP) is 2.61. The number of ether oxygens (including phenoxy) is 2. The normalized spacial score (nSPS) is 19.4. The number of nitrogens with zero attached hydrogens (tertiary/aromatic N) is 2. The highest BCUT2D eigenvalue weighted by Gasteiger charge is 2.30. The van der Waals surface area contributed by atoms with Crippen molar-refractivity contribution in [2.45, 2.75) is 64.5 Å². The number of carbonyl (C=O) groups excluding carboxylic acids is 3. The van der Waals surface area contributed by atoms with Crippen molar-refractivity contribution in [2.24, 2.45) is 0 Å². The topological polar surface area (TPSA) is 88.2 Å². The van der Waals surface area contributed by atoms with Gasteiger partial charge in [0.1, 0.15) is 17.6 Å². The standard InChI is InChI=1S/C24H35N3O5/c1-17(28)25-12-9-19-6-4-5-13-27(19)24(30)22-16-21(31-3)7-8-23(22)32-20-10-14-26(15-11-20)18(2)29/h7-8,16,19-20H,4-6,9-15H2,1-3H3,(H,25,28)/t19-/m0/s1. The highest BCUT2D eigenvalue weighted by atomic mass is 16.5. The highest BCUT2D eigenvalue weighted by molar-refractivity contribution is 5.97. The van der Waals surface area contributed by atoms with Crippen LogP contribution in [-0.2, 0) is 9.59 Å². The lowest BCUT2D eigenvalue weighted by Gasteiger charge is -2.37. The van der Waals surface area contributed by atoms with Gasteiger partial charge in [0.25, 0.3) is 5.91 Å². The summed E-state index contributed by atoms with van der Waals surface area (Å²) in [5.41, 5.74) is 0.504. The molecule has 3 amide bonds. The van der Waals surface area contributed by atoms with E-state index in [1.807, 2.05) is 9.80 Å². The van der Waals surface area contributed by atoms with Gasteiger partial charge >= 0.3 is 0 Å². The summed E-state index contributed by atoms with van der Waals surface area (Å²) in [5, 5.41) is 2.84. The zero-order valence-corrected chi connectivity index (χ0v) is 19.4. The molecule has 8 heteroatoms. The number of piperidine rings is 2. The molecule has 0 spiro atoms. The molecule has 2 saturated heterocycles. The largest absolute Gasteiger partial charge is 0.497 e. The van der Waals surface area contributed by atoms with Crippen LogP contribution in [0, 0.1) is 0 Å². The van der Waals surface area contributed by atoms with E-state index in [0.29, 0.717) is 43.2 Å². The van der Waals surface area contributed by atoms with Gasteiger partial charge in [-0.15, -0.1) is 0 Å². The molecule has 1 atom stereocenters. The minimum atomic E-state index is -0.0624. The Balaban J connectivity index is 1.75. The fourth-order valence-electron chi connectivity index (χ4n) is 4.51. The monoisotopic (exact) mass is 445 g/mol. The Hall–Kier alpha value is -2.77. The van der Waals surface area contributed by atoms with Crippen LogP contribution in [0.15, 0.2) is 18.2 Å². The summed E-state index contributed by atoms with van der Waals surface area (Å²) in [7, 11) is 1.58. The van der Waals surface area contributed by atoms with Gasteiger partial charge in [-0.2, -0.15) is 0 Å². The van der Waals surface area contributed by atoms with Gasteiger partial charge < -0.3 is 24.6 Å². The Labute approximate surface area is 190 Å². The van der Waals surface area contributed by atoms with Crippen molar-refractivity contribution in [3.63, 3.8) is 0 Å². The minimum Gasteiger partial charge on any atom is -0.497 e. The van der Waals surface area contributed by atoms with E-state index < -0.39 is 0 Å². The molecule has 8 nitrogen and oxygen atoms in total. The lowest BCUT2D eigenvalue weighted by atomic mass is 9.97. The fourth-order valence-corrected chi connectivity index (χ4v) is 4.51. The smallest absolute Gasteiger partial charge is 0.258 e. The summed E-state index contributed by atoms with van der Waals surface area (Å²) in [5.74, 6) is 1.13. The molecule has 0 saturated carbocycles. The molecule has 0 unspecified atom stereocenters. The van der Waals surface area contributed by atoms with Crippen LogP contribution in [0.5, 0.6) is 11.5 Å². The van der Waals surface area contributed by atoms with Crippen molar-refractivity contribution in [3.8, 4) is 11.5 Å². The van der Waals surface area contributed by atoms with Crippen LogP contribution in [0.2, 0.25) is 0 Å². The molecule has 1 N–H and O–H groups in total. The Morgan fingerprint density at radius 3 is 2.47 bits per heavy atom. The third-order valence-electron chi connectivity index (χ3n) is 6.34. The molecule has 1 aromatic rings. The molecule has 2 fully saturated rings. The van der Waals surface area contributed by atoms with Crippen LogP contribution in [0.25, 0.3) is 0 Å². The van der Waals surface area contributed by atoms with Crippen LogP contribution in [-0.4, -0.2) is 73.0 Å². The van der Waals surface area contributed by atoms with Crippen LogP contribution >= 0.6 is 0 Å². The summed E-state index contributed by atoms with van der Waals surface area (Å²) < 4.78 is 11.7. The van der Waals surface area contributed by atoms with Crippen LogP contribution in [0.4, 0.5) is 0 Å². The molecular formula is C24H35N3O5. The van der Waals surface area contributed by atoms with Crippen molar-refractivity contribution in [3.05, 3.63) is 23.8 Å². The highest BCUT2D eigenvalue weighted by Crippen LogP contribution is 2.31. The summed E-state index contributed by atoms with van der Waals surface area (Å²) in [6.07, 6.45) is 5.13. The van der Waals surface area contributed by atoms with Gasteiger partial charge in [-0.05, 0) is 43.9 Å². The SMILES string of the molecule is COc1ccc(OC2CCN(C(C)=O)CC2)c(C(=O)N2CCCC[C@H]2CCNC(C)=O)c1. The zero-order valence-electron chi connectivity index (χ0n) is 19.4. The number of methoxy groups -OCH3 is 1. The van der Waals surface area contributed by atoms with E-state index in [-0.39, 0.29) is 29.9 Å². The molecule has 0 aliphatic carbocycles. The third-order valence-corrected chi connectivity index (χ3v) is 6.34. The zero-order chi connectivity index (χ0) is 23.1. The summed E-state index contributed by atoms with van der Waals surface area (Å²) in [6.45, 7) is 5.66.